The fourth-order valence-electron chi connectivity index (χ4n) is 1.84. The third kappa shape index (κ3) is 3.00. The molecule has 112 valence electrons. The normalized spacial score (nSPS) is 11.7. The molecule has 0 aliphatic rings. The van der Waals surface area contributed by atoms with Crippen molar-refractivity contribution in [3.8, 4) is 5.69 Å². The van der Waals surface area contributed by atoms with Gasteiger partial charge in [-0.2, -0.15) is 5.10 Å². The van der Waals surface area contributed by atoms with E-state index in [-0.39, 0.29) is 10.8 Å². The fourth-order valence-corrected chi connectivity index (χ4v) is 2.43. The van der Waals surface area contributed by atoms with Crippen molar-refractivity contribution in [3.05, 3.63) is 49.2 Å². The minimum absolute atomic E-state index is 0.0664. The van der Waals surface area contributed by atoms with Gasteiger partial charge in [-0.1, -0.05) is 55.6 Å². The molecule has 0 bridgehead atoms. The molecule has 0 aliphatic heterocycles. The molecular formula is C13H12Cl3N3O2. The molecular weight excluding hydrogens is 337 g/mol. The molecule has 2 aromatic rings. The van der Waals surface area contributed by atoms with Gasteiger partial charge in [-0.25, -0.2) is 4.68 Å². The van der Waals surface area contributed by atoms with Crippen LogP contribution in [-0.2, 0) is 5.41 Å². The van der Waals surface area contributed by atoms with Crippen LogP contribution in [0, 0.1) is 10.1 Å². The lowest BCUT2D eigenvalue weighted by Gasteiger charge is -2.13. The third-order valence-corrected chi connectivity index (χ3v) is 3.92. The predicted octanol–water partition coefficient (Wildman–Crippen LogP) is 5.04. The molecule has 0 spiro atoms. The van der Waals surface area contributed by atoms with Crippen LogP contribution in [0.5, 0.6) is 0 Å². The largest absolute Gasteiger partial charge is 0.330 e. The van der Waals surface area contributed by atoms with Gasteiger partial charge in [-0.3, -0.25) is 10.1 Å². The molecule has 8 heteroatoms. The minimum atomic E-state index is -0.524. The van der Waals surface area contributed by atoms with E-state index in [1.54, 1.807) is 18.2 Å². The van der Waals surface area contributed by atoms with Crippen molar-refractivity contribution in [1.29, 1.82) is 0 Å². The average Bonchev–Trinajstić information content (AvgIpc) is 2.70. The monoisotopic (exact) mass is 347 g/mol. The van der Waals surface area contributed by atoms with Crippen molar-refractivity contribution in [1.82, 2.24) is 9.78 Å². The fraction of sp³-hybridized carbons (Fsp3) is 0.308. The Balaban J connectivity index is 2.71. The Morgan fingerprint density at radius 3 is 2.24 bits per heavy atom. The van der Waals surface area contributed by atoms with Crippen LogP contribution in [0.2, 0.25) is 15.2 Å². The van der Waals surface area contributed by atoms with Gasteiger partial charge in [0.1, 0.15) is 5.69 Å². The Morgan fingerprint density at radius 1 is 1.19 bits per heavy atom. The zero-order valence-electron chi connectivity index (χ0n) is 11.5. The summed E-state index contributed by atoms with van der Waals surface area (Å²) >= 11 is 18.0. The van der Waals surface area contributed by atoms with Crippen LogP contribution in [0.1, 0.15) is 26.5 Å². The lowest BCUT2D eigenvalue weighted by atomic mass is 9.91. The molecule has 0 saturated heterocycles. The first-order valence-corrected chi connectivity index (χ1v) is 7.15. The van der Waals surface area contributed by atoms with Gasteiger partial charge < -0.3 is 0 Å². The van der Waals surface area contributed by atoms with Crippen LogP contribution in [0.3, 0.4) is 0 Å². The van der Waals surface area contributed by atoms with Crippen LogP contribution in [0.25, 0.3) is 5.69 Å². The standard InChI is InChI=1S/C13H12Cl3N3O2/c1-13(2,3)11-10(19(20)21)12(16)18(17-11)7-4-5-8(14)9(15)6-7/h4-6H,1-3H3. The highest BCUT2D eigenvalue weighted by molar-refractivity contribution is 6.42. The first-order chi connectivity index (χ1) is 9.62. The quantitative estimate of drug-likeness (QED) is 0.564. The second-order valence-corrected chi connectivity index (χ2v) is 6.68. The molecule has 0 unspecified atom stereocenters. The van der Waals surface area contributed by atoms with E-state index < -0.39 is 10.3 Å². The predicted molar refractivity (Wildman–Crippen MR) is 83.9 cm³/mol. The van der Waals surface area contributed by atoms with Gasteiger partial charge >= 0.3 is 5.69 Å². The van der Waals surface area contributed by atoms with Crippen molar-refractivity contribution in [2.45, 2.75) is 26.2 Å². The van der Waals surface area contributed by atoms with Crippen LogP contribution in [0.4, 0.5) is 5.69 Å². The molecule has 0 amide bonds. The summed E-state index contributed by atoms with van der Waals surface area (Å²) < 4.78 is 1.29. The van der Waals surface area contributed by atoms with E-state index in [0.29, 0.717) is 21.4 Å². The molecule has 1 heterocycles. The topological polar surface area (TPSA) is 61.0 Å². The number of benzene rings is 1. The smallest absolute Gasteiger partial charge is 0.258 e. The number of nitrogens with zero attached hydrogens (tertiary/aromatic N) is 3. The molecule has 0 N–H and O–H groups in total. The van der Waals surface area contributed by atoms with Gasteiger partial charge in [0.15, 0.2) is 0 Å². The molecule has 2 rings (SSSR count). The van der Waals surface area contributed by atoms with E-state index >= 15 is 0 Å². The molecule has 0 fully saturated rings. The van der Waals surface area contributed by atoms with Gasteiger partial charge in [0, 0.05) is 5.41 Å². The molecule has 1 aromatic carbocycles. The molecule has 5 nitrogen and oxygen atoms in total. The summed E-state index contributed by atoms with van der Waals surface area (Å²) in [6.45, 7) is 5.49. The zero-order chi connectivity index (χ0) is 15.9. The summed E-state index contributed by atoms with van der Waals surface area (Å²) in [4.78, 5) is 10.8. The Bertz CT molecular complexity index is 720. The van der Waals surface area contributed by atoms with Crippen LogP contribution >= 0.6 is 34.8 Å². The van der Waals surface area contributed by atoms with E-state index in [1.807, 2.05) is 20.8 Å². The first-order valence-electron chi connectivity index (χ1n) is 6.01. The van der Waals surface area contributed by atoms with E-state index in [0.717, 1.165) is 0 Å². The van der Waals surface area contributed by atoms with Crippen molar-refractivity contribution < 1.29 is 4.92 Å². The molecule has 0 radical (unpaired) electrons. The molecule has 0 saturated carbocycles. The minimum Gasteiger partial charge on any atom is -0.258 e. The van der Waals surface area contributed by atoms with Crippen molar-refractivity contribution in [3.63, 3.8) is 0 Å². The molecule has 0 atom stereocenters. The Kier molecular flexibility index (Phi) is 4.19. The highest BCUT2D eigenvalue weighted by Gasteiger charge is 2.34. The summed E-state index contributed by atoms with van der Waals surface area (Å²) in [6, 6.07) is 4.78. The van der Waals surface area contributed by atoms with Gasteiger partial charge in [0.25, 0.3) is 0 Å². The molecule has 21 heavy (non-hydrogen) atoms. The maximum atomic E-state index is 11.3. The SMILES string of the molecule is CC(C)(C)c1nn(-c2ccc(Cl)c(Cl)c2)c(Cl)c1[N+](=O)[O-]. The second kappa shape index (κ2) is 5.48. The number of hydrogen-bond donors (Lipinski definition) is 0. The number of rotatable bonds is 2. The molecule has 0 aliphatic carbocycles. The van der Waals surface area contributed by atoms with Gasteiger partial charge in [0.2, 0.25) is 5.15 Å². The van der Waals surface area contributed by atoms with Crippen LogP contribution in [-0.4, -0.2) is 14.7 Å². The Hall–Kier alpha value is -1.30. The van der Waals surface area contributed by atoms with Gasteiger partial charge in [0.05, 0.1) is 20.7 Å². The van der Waals surface area contributed by atoms with Crippen molar-refractivity contribution >= 4 is 40.5 Å². The summed E-state index contributed by atoms with van der Waals surface area (Å²) in [5, 5.41) is 16.2. The summed E-state index contributed by atoms with van der Waals surface area (Å²) in [6.07, 6.45) is 0. The lowest BCUT2D eigenvalue weighted by Crippen LogP contribution is -2.14. The maximum Gasteiger partial charge on any atom is 0.330 e. The summed E-state index contributed by atoms with van der Waals surface area (Å²) in [5.41, 5.74) is 0.0971. The maximum absolute atomic E-state index is 11.3. The third-order valence-electron chi connectivity index (χ3n) is 2.85. The van der Waals surface area contributed by atoms with E-state index in [4.69, 9.17) is 34.8 Å². The van der Waals surface area contributed by atoms with Crippen molar-refractivity contribution in [2.75, 3.05) is 0 Å². The van der Waals surface area contributed by atoms with Crippen LogP contribution in [0.15, 0.2) is 18.2 Å². The highest BCUT2D eigenvalue weighted by atomic mass is 35.5. The zero-order valence-corrected chi connectivity index (χ0v) is 13.8. The van der Waals surface area contributed by atoms with E-state index in [9.17, 15) is 10.1 Å². The van der Waals surface area contributed by atoms with Crippen LogP contribution < -0.4 is 0 Å². The van der Waals surface area contributed by atoms with E-state index in [1.165, 1.54) is 4.68 Å². The number of hydrogen-bond acceptors (Lipinski definition) is 3. The number of halogens is 3. The lowest BCUT2D eigenvalue weighted by molar-refractivity contribution is -0.385. The number of nitro groups is 1. The highest BCUT2D eigenvalue weighted by Crippen LogP contribution is 2.38. The second-order valence-electron chi connectivity index (χ2n) is 5.51. The average molecular weight is 349 g/mol. The summed E-state index contributed by atoms with van der Waals surface area (Å²) in [7, 11) is 0. The Morgan fingerprint density at radius 2 is 1.81 bits per heavy atom. The summed E-state index contributed by atoms with van der Waals surface area (Å²) in [5.74, 6) is 0. The van der Waals surface area contributed by atoms with Crippen molar-refractivity contribution in [2.24, 2.45) is 0 Å². The van der Waals surface area contributed by atoms with E-state index in [2.05, 4.69) is 5.10 Å². The van der Waals surface area contributed by atoms with Gasteiger partial charge in [-0.05, 0) is 18.2 Å². The Labute approximate surface area is 136 Å². The van der Waals surface area contributed by atoms with Gasteiger partial charge in [-0.15, -0.1) is 0 Å². The number of aromatic nitrogens is 2. The molecule has 1 aromatic heterocycles. The first kappa shape index (κ1) is 16.1.